The molecule has 0 aliphatic carbocycles. The van der Waals surface area contributed by atoms with E-state index in [0.717, 1.165) is 25.3 Å². The minimum absolute atomic E-state index is 0.122. The molecule has 0 radical (unpaired) electrons. The van der Waals surface area contributed by atoms with E-state index in [1.807, 2.05) is 6.92 Å². The summed E-state index contributed by atoms with van der Waals surface area (Å²) in [4.78, 5) is 13.0. The van der Waals surface area contributed by atoms with E-state index in [9.17, 15) is 4.79 Å². The van der Waals surface area contributed by atoms with Gasteiger partial charge in [0, 0.05) is 27.4 Å². The molecule has 0 aliphatic rings. The van der Waals surface area contributed by atoms with Crippen molar-refractivity contribution in [1.29, 1.82) is 0 Å². The van der Waals surface area contributed by atoms with Crippen LogP contribution in [-0.2, 0) is 22.5 Å². The second-order valence-electron chi connectivity index (χ2n) is 7.15. The summed E-state index contributed by atoms with van der Waals surface area (Å²) in [5, 5.41) is 0. The van der Waals surface area contributed by atoms with Crippen molar-refractivity contribution in [3.8, 4) is 0 Å². The molecular formula is C18H40O5Si2. The van der Waals surface area contributed by atoms with Gasteiger partial charge < -0.3 is 17.7 Å². The summed E-state index contributed by atoms with van der Waals surface area (Å²) in [6.45, 7) is 13.0. The van der Waals surface area contributed by atoms with E-state index in [-0.39, 0.29) is 11.9 Å². The highest BCUT2D eigenvalue weighted by Gasteiger charge is 2.48. The van der Waals surface area contributed by atoms with Crippen molar-refractivity contribution in [3.63, 3.8) is 0 Å². The van der Waals surface area contributed by atoms with Crippen LogP contribution in [0.2, 0.25) is 23.2 Å². The van der Waals surface area contributed by atoms with Crippen LogP contribution in [-0.4, -0.2) is 44.4 Å². The first-order valence-electron chi connectivity index (χ1n) is 9.60. The highest BCUT2D eigenvalue weighted by molar-refractivity contribution is 6.77. The first-order valence-corrected chi connectivity index (χ1v) is 13.8. The Bertz CT molecular complexity index is 369. The Labute approximate surface area is 157 Å². The third-order valence-electron chi connectivity index (χ3n) is 5.72. The molecule has 0 heterocycles. The van der Waals surface area contributed by atoms with Crippen LogP contribution >= 0.6 is 0 Å². The third kappa shape index (κ3) is 6.17. The van der Waals surface area contributed by atoms with Crippen molar-refractivity contribution in [1.82, 2.24) is 0 Å². The van der Waals surface area contributed by atoms with E-state index < -0.39 is 17.1 Å². The van der Waals surface area contributed by atoms with Gasteiger partial charge in [0.15, 0.2) is 0 Å². The maximum Gasteiger partial charge on any atom is 0.501 e. The Kier molecular flexibility index (Phi) is 11.4. The first-order chi connectivity index (χ1) is 11.7. The third-order valence-corrected chi connectivity index (χ3v) is 14.7. The minimum Gasteiger partial charge on any atom is -0.518 e. The molecule has 0 rings (SSSR count). The summed E-state index contributed by atoms with van der Waals surface area (Å²) in [5.41, 5.74) is 0.903. The van der Waals surface area contributed by atoms with Crippen molar-refractivity contribution < 1.29 is 22.5 Å². The Morgan fingerprint density at radius 3 is 1.64 bits per heavy atom. The molecule has 25 heavy (non-hydrogen) atoms. The lowest BCUT2D eigenvalue weighted by atomic mass is 10.2. The molecule has 0 spiro atoms. The predicted octanol–water partition coefficient (Wildman–Crippen LogP) is 5.00. The summed E-state index contributed by atoms with van der Waals surface area (Å²) in [6.07, 6.45) is 3.14. The molecule has 0 aromatic heterocycles. The fraction of sp³-hybridized carbons (Fsp3) is 0.944. The molecule has 0 aromatic carbocycles. The standard InChI is InChI=1S/C18H40O5Si2/c1-10-13-24(16(5)11-2,17(6)12-3)23-18(19)15(4)14-25(20-7,21-8)22-9/h15-17H,10-14H2,1-9H3. The molecule has 0 fully saturated rings. The zero-order valence-corrected chi connectivity index (χ0v) is 19.8. The van der Waals surface area contributed by atoms with Gasteiger partial charge in [-0.15, -0.1) is 0 Å². The molecule has 150 valence electrons. The number of hydrogen-bond donors (Lipinski definition) is 0. The minimum atomic E-state index is -2.79. The van der Waals surface area contributed by atoms with E-state index in [1.165, 1.54) is 0 Å². The molecule has 0 saturated heterocycles. The van der Waals surface area contributed by atoms with Gasteiger partial charge in [-0.05, 0) is 17.1 Å². The van der Waals surface area contributed by atoms with Crippen molar-refractivity contribution in [3.05, 3.63) is 0 Å². The average Bonchev–Trinajstić information content (AvgIpc) is 2.63. The molecule has 0 amide bonds. The molecule has 0 N–H and O–H groups in total. The predicted molar refractivity (Wildman–Crippen MR) is 107 cm³/mol. The van der Waals surface area contributed by atoms with E-state index >= 15 is 0 Å². The summed E-state index contributed by atoms with van der Waals surface area (Å²) < 4.78 is 22.8. The Morgan fingerprint density at radius 2 is 1.32 bits per heavy atom. The van der Waals surface area contributed by atoms with Crippen LogP contribution in [0.4, 0.5) is 0 Å². The maximum absolute atomic E-state index is 13.0. The van der Waals surface area contributed by atoms with Crippen molar-refractivity contribution in [2.75, 3.05) is 21.3 Å². The summed E-state index contributed by atoms with van der Waals surface area (Å²) in [7, 11) is -0.259. The van der Waals surface area contributed by atoms with Crippen LogP contribution in [0.1, 0.15) is 60.8 Å². The highest BCUT2D eigenvalue weighted by Crippen LogP contribution is 2.42. The van der Waals surface area contributed by atoms with Gasteiger partial charge in [-0.1, -0.05) is 60.8 Å². The number of carbonyl (C=O) groups is 1. The van der Waals surface area contributed by atoms with Crippen LogP contribution in [0.25, 0.3) is 0 Å². The Balaban J connectivity index is 5.44. The van der Waals surface area contributed by atoms with Gasteiger partial charge in [-0.25, -0.2) is 0 Å². The van der Waals surface area contributed by atoms with Crippen LogP contribution in [0.3, 0.4) is 0 Å². The molecule has 0 bridgehead atoms. The first kappa shape index (κ1) is 24.8. The number of carbonyl (C=O) groups excluding carboxylic acids is 1. The van der Waals surface area contributed by atoms with Gasteiger partial charge in [0.1, 0.15) is 0 Å². The van der Waals surface area contributed by atoms with Crippen molar-refractivity contribution in [2.45, 2.75) is 84.0 Å². The second kappa shape index (κ2) is 11.5. The van der Waals surface area contributed by atoms with Crippen molar-refractivity contribution in [2.24, 2.45) is 5.92 Å². The monoisotopic (exact) mass is 392 g/mol. The normalized spacial score (nSPS) is 18.3. The van der Waals surface area contributed by atoms with E-state index in [2.05, 4.69) is 34.6 Å². The van der Waals surface area contributed by atoms with Gasteiger partial charge in [-0.3, -0.25) is 4.79 Å². The molecule has 3 atom stereocenters. The van der Waals surface area contributed by atoms with Crippen LogP contribution < -0.4 is 0 Å². The summed E-state index contributed by atoms with van der Waals surface area (Å²) >= 11 is 0. The maximum atomic E-state index is 13.0. The Hall–Kier alpha value is -0.216. The van der Waals surface area contributed by atoms with Crippen LogP contribution in [0, 0.1) is 5.92 Å². The molecule has 0 aliphatic heterocycles. The van der Waals surface area contributed by atoms with Gasteiger partial charge in [-0.2, -0.15) is 0 Å². The van der Waals surface area contributed by atoms with Gasteiger partial charge in [0.2, 0.25) is 0 Å². The number of rotatable bonds is 13. The van der Waals surface area contributed by atoms with E-state index in [1.54, 1.807) is 21.3 Å². The summed E-state index contributed by atoms with van der Waals surface area (Å²) in [5.74, 6) is -0.424. The number of hydrogen-bond acceptors (Lipinski definition) is 5. The van der Waals surface area contributed by atoms with E-state index in [0.29, 0.717) is 17.1 Å². The zero-order valence-electron chi connectivity index (χ0n) is 17.8. The molecule has 5 nitrogen and oxygen atoms in total. The van der Waals surface area contributed by atoms with Crippen molar-refractivity contribution >= 4 is 23.1 Å². The van der Waals surface area contributed by atoms with Gasteiger partial charge >= 0.3 is 8.80 Å². The quantitative estimate of drug-likeness (QED) is 0.413. The molecule has 0 aromatic rings. The fourth-order valence-corrected chi connectivity index (χ4v) is 10.7. The molecule has 0 saturated carbocycles. The summed E-state index contributed by atoms with van der Waals surface area (Å²) in [6, 6.07) is 1.46. The van der Waals surface area contributed by atoms with Crippen LogP contribution in [0.15, 0.2) is 0 Å². The molecule has 7 heteroatoms. The fourth-order valence-electron chi connectivity index (χ4n) is 3.56. The lowest BCUT2D eigenvalue weighted by molar-refractivity contribution is -0.139. The largest absolute Gasteiger partial charge is 0.518 e. The topological polar surface area (TPSA) is 54.0 Å². The SMILES string of the molecule is CCC[Si](OC(=O)C(C)C[Si](OC)(OC)OC)(C(C)CC)C(C)CC. The lowest BCUT2D eigenvalue weighted by Gasteiger charge is -2.41. The van der Waals surface area contributed by atoms with Gasteiger partial charge in [0.05, 0.1) is 5.92 Å². The Morgan fingerprint density at radius 1 is 0.880 bits per heavy atom. The lowest BCUT2D eigenvalue weighted by Crippen LogP contribution is -2.50. The molecular weight excluding hydrogens is 352 g/mol. The second-order valence-corrected chi connectivity index (χ2v) is 14.7. The highest BCUT2D eigenvalue weighted by atomic mass is 28.4. The smallest absolute Gasteiger partial charge is 0.501 e. The average molecular weight is 393 g/mol. The zero-order chi connectivity index (χ0) is 19.7. The van der Waals surface area contributed by atoms with Gasteiger partial charge in [0.25, 0.3) is 14.3 Å². The van der Waals surface area contributed by atoms with E-state index in [4.69, 9.17) is 17.7 Å². The molecule has 3 unspecified atom stereocenters. The van der Waals surface area contributed by atoms with Crippen LogP contribution in [0.5, 0.6) is 0 Å².